The highest BCUT2D eigenvalue weighted by Crippen LogP contribution is 2.33. The van der Waals surface area contributed by atoms with Crippen LogP contribution in [0.4, 0.5) is 21.5 Å². The van der Waals surface area contributed by atoms with Gasteiger partial charge in [-0.05, 0) is 56.4 Å². The Labute approximate surface area is 212 Å². The number of methoxy groups -OCH3 is 1. The van der Waals surface area contributed by atoms with Crippen molar-refractivity contribution in [2.75, 3.05) is 50.7 Å². The van der Waals surface area contributed by atoms with Crippen molar-refractivity contribution in [1.29, 1.82) is 0 Å². The van der Waals surface area contributed by atoms with E-state index in [0.717, 1.165) is 56.3 Å². The first-order valence-corrected chi connectivity index (χ1v) is 12.0. The summed E-state index contributed by atoms with van der Waals surface area (Å²) in [5, 5.41) is 6.67. The second-order valence-electron chi connectivity index (χ2n) is 8.12. The average Bonchev–Trinajstić information content (AvgIpc) is 2.86. The fourth-order valence-corrected chi connectivity index (χ4v) is 3.80. The maximum atomic E-state index is 14.9. The quantitative estimate of drug-likeness (QED) is 0.215. The second kappa shape index (κ2) is 16.3. The molecule has 8 nitrogen and oxygen atoms in total. The first-order chi connectivity index (χ1) is 17.5. The third-order valence-electron chi connectivity index (χ3n) is 5.57. The smallest absolute Gasteiger partial charge is 0.204 e. The summed E-state index contributed by atoms with van der Waals surface area (Å²) >= 11 is 0. The van der Waals surface area contributed by atoms with E-state index in [1.54, 1.807) is 26.3 Å². The van der Waals surface area contributed by atoms with Crippen LogP contribution in [0, 0.1) is 11.7 Å². The van der Waals surface area contributed by atoms with Crippen molar-refractivity contribution in [3.63, 3.8) is 0 Å². The molecule has 3 rings (SSSR count). The molecular weight excluding hydrogens is 463 g/mol. The molecule has 0 radical (unpaired) electrons. The highest BCUT2D eigenvalue weighted by atomic mass is 19.1. The zero-order valence-corrected chi connectivity index (χ0v) is 21.1. The summed E-state index contributed by atoms with van der Waals surface area (Å²) < 4.78 is 30.9. The van der Waals surface area contributed by atoms with Gasteiger partial charge in [-0.3, -0.25) is 9.79 Å². The van der Waals surface area contributed by atoms with Gasteiger partial charge in [-0.2, -0.15) is 0 Å². The number of rotatable bonds is 12. The van der Waals surface area contributed by atoms with Crippen molar-refractivity contribution in [2.24, 2.45) is 16.6 Å². The van der Waals surface area contributed by atoms with Gasteiger partial charge in [-0.15, -0.1) is 0 Å². The Morgan fingerprint density at radius 3 is 2.53 bits per heavy atom. The van der Waals surface area contributed by atoms with Crippen LogP contribution in [-0.4, -0.2) is 52.7 Å². The maximum Gasteiger partial charge on any atom is 0.204 e. The number of ether oxygens (including phenoxy) is 3. The lowest BCUT2D eigenvalue weighted by molar-refractivity contribution is -0.106. The first-order valence-electron chi connectivity index (χ1n) is 12.0. The van der Waals surface area contributed by atoms with E-state index in [1.165, 1.54) is 6.07 Å². The summed E-state index contributed by atoms with van der Waals surface area (Å²) in [4.78, 5) is 12.9. The molecule has 2 aromatic carbocycles. The molecule has 1 fully saturated rings. The van der Waals surface area contributed by atoms with Crippen LogP contribution in [0.2, 0.25) is 0 Å². The minimum absolute atomic E-state index is 0.250. The summed E-state index contributed by atoms with van der Waals surface area (Å²) in [7, 11) is 1.59. The van der Waals surface area contributed by atoms with Gasteiger partial charge in [0.05, 0.1) is 17.9 Å². The summed E-state index contributed by atoms with van der Waals surface area (Å²) in [5.41, 5.74) is 7.23. The summed E-state index contributed by atoms with van der Waals surface area (Å²) in [6, 6.07) is 11.0. The Bertz CT molecular complexity index is 976. The number of amides is 1. The molecule has 0 spiro atoms. The SMILES string of the molecule is C=C(Nc1ccc(NCCC2CCOCC2)cc1)c1c(F)cc(OCCOC)cc1N=CC.NC=O. The predicted octanol–water partition coefficient (Wildman–Crippen LogP) is 4.99. The van der Waals surface area contributed by atoms with E-state index in [2.05, 4.69) is 27.9 Å². The highest BCUT2D eigenvalue weighted by Gasteiger charge is 2.15. The van der Waals surface area contributed by atoms with Gasteiger partial charge < -0.3 is 30.6 Å². The van der Waals surface area contributed by atoms with E-state index in [1.807, 2.05) is 24.3 Å². The Balaban J connectivity index is 0.00000145. The van der Waals surface area contributed by atoms with Crippen LogP contribution in [0.25, 0.3) is 5.70 Å². The number of nitrogens with one attached hydrogen (secondary N) is 2. The largest absolute Gasteiger partial charge is 0.491 e. The fraction of sp³-hybridized carbons (Fsp3) is 0.407. The molecule has 1 heterocycles. The Morgan fingerprint density at radius 2 is 1.89 bits per heavy atom. The molecule has 4 N–H and O–H groups in total. The van der Waals surface area contributed by atoms with Gasteiger partial charge in [-0.1, -0.05) is 6.58 Å². The van der Waals surface area contributed by atoms with E-state index >= 15 is 0 Å². The topological polar surface area (TPSA) is 107 Å². The summed E-state index contributed by atoms with van der Waals surface area (Å²) in [6.45, 7) is 9.27. The molecule has 0 atom stereocenters. The van der Waals surface area contributed by atoms with Gasteiger partial charge in [0.25, 0.3) is 0 Å². The van der Waals surface area contributed by atoms with Crippen LogP contribution < -0.4 is 21.1 Å². The molecule has 0 unspecified atom stereocenters. The van der Waals surface area contributed by atoms with Crippen molar-refractivity contribution >= 4 is 35.4 Å². The molecular formula is C27H37FN4O4. The van der Waals surface area contributed by atoms with Crippen LogP contribution >= 0.6 is 0 Å². The average molecular weight is 501 g/mol. The van der Waals surface area contributed by atoms with Crippen LogP contribution in [0.15, 0.2) is 48.0 Å². The van der Waals surface area contributed by atoms with Crippen molar-refractivity contribution in [3.05, 3.63) is 54.4 Å². The number of carbonyl (C=O) groups is 1. The van der Waals surface area contributed by atoms with Gasteiger partial charge in [0.1, 0.15) is 18.2 Å². The Kier molecular flexibility index (Phi) is 13.0. The fourth-order valence-electron chi connectivity index (χ4n) is 3.80. The van der Waals surface area contributed by atoms with E-state index in [-0.39, 0.29) is 6.41 Å². The van der Waals surface area contributed by atoms with Crippen molar-refractivity contribution in [1.82, 2.24) is 0 Å². The van der Waals surface area contributed by atoms with Crippen LogP contribution in [-0.2, 0) is 14.3 Å². The predicted molar refractivity (Wildman–Crippen MR) is 144 cm³/mol. The first kappa shape index (κ1) is 28.8. The van der Waals surface area contributed by atoms with E-state index in [4.69, 9.17) is 19.0 Å². The number of carbonyl (C=O) groups excluding carboxylic acids is 1. The van der Waals surface area contributed by atoms with Crippen LogP contribution in [0.1, 0.15) is 31.7 Å². The molecule has 36 heavy (non-hydrogen) atoms. The third kappa shape index (κ3) is 9.67. The summed E-state index contributed by atoms with van der Waals surface area (Å²) in [6.07, 6.45) is 5.30. The zero-order chi connectivity index (χ0) is 26.2. The third-order valence-corrected chi connectivity index (χ3v) is 5.57. The molecule has 1 aliphatic rings. The standard InChI is InChI=1S/C26H34FN3O3.CH3NO/c1-4-28-25-18-23(33-16-15-31-3)17-24(27)26(25)19(2)30-22-7-5-21(6-8-22)29-12-9-20-10-13-32-14-11-20;2-1-3/h4-8,17-18,20,29-30H,2,9-16H2,1,3H3;1H,(H2,2,3). The number of hydrogen-bond acceptors (Lipinski definition) is 7. The van der Waals surface area contributed by atoms with Gasteiger partial charge in [0.15, 0.2) is 0 Å². The molecule has 2 aromatic rings. The van der Waals surface area contributed by atoms with E-state index < -0.39 is 5.82 Å². The Morgan fingerprint density at radius 1 is 1.22 bits per heavy atom. The molecule has 1 saturated heterocycles. The minimum atomic E-state index is -0.450. The summed E-state index contributed by atoms with van der Waals surface area (Å²) in [5.74, 6) is 0.689. The molecule has 1 aliphatic heterocycles. The van der Waals surface area contributed by atoms with Crippen molar-refractivity contribution < 1.29 is 23.4 Å². The number of nitrogens with zero attached hydrogens (tertiary/aromatic N) is 1. The number of nitrogens with two attached hydrogens (primary N) is 1. The highest BCUT2D eigenvalue weighted by molar-refractivity contribution is 5.83. The molecule has 9 heteroatoms. The van der Waals surface area contributed by atoms with Gasteiger partial charge in [0.2, 0.25) is 6.41 Å². The molecule has 196 valence electrons. The normalized spacial score (nSPS) is 13.5. The van der Waals surface area contributed by atoms with Crippen LogP contribution in [0.5, 0.6) is 5.75 Å². The van der Waals surface area contributed by atoms with E-state index in [0.29, 0.717) is 35.9 Å². The lowest BCUT2D eigenvalue weighted by Gasteiger charge is -2.22. The minimum Gasteiger partial charge on any atom is -0.491 e. The molecule has 1 amide bonds. The Hall–Kier alpha value is -3.43. The molecule has 0 saturated carbocycles. The lowest BCUT2D eigenvalue weighted by Crippen LogP contribution is -2.18. The van der Waals surface area contributed by atoms with Crippen molar-refractivity contribution in [3.8, 4) is 5.75 Å². The monoisotopic (exact) mass is 500 g/mol. The number of aliphatic imine (C=N–C) groups is 1. The van der Waals surface area contributed by atoms with Gasteiger partial charge in [0, 0.05) is 62.3 Å². The number of hydrogen-bond donors (Lipinski definition) is 3. The molecule has 0 aliphatic carbocycles. The van der Waals surface area contributed by atoms with Crippen molar-refractivity contribution in [2.45, 2.75) is 26.2 Å². The lowest BCUT2D eigenvalue weighted by atomic mass is 9.97. The second-order valence-corrected chi connectivity index (χ2v) is 8.12. The number of benzene rings is 2. The molecule has 0 aromatic heterocycles. The number of anilines is 2. The number of halogens is 1. The maximum absolute atomic E-state index is 14.9. The number of primary amides is 1. The van der Waals surface area contributed by atoms with Gasteiger partial charge in [-0.25, -0.2) is 4.39 Å². The zero-order valence-electron chi connectivity index (χ0n) is 21.1. The molecule has 0 bridgehead atoms. The van der Waals surface area contributed by atoms with E-state index in [9.17, 15) is 4.39 Å². The van der Waals surface area contributed by atoms with Crippen LogP contribution in [0.3, 0.4) is 0 Å². The van der Waals surface area contributed by atoms with Gasteiger partial charge >= 0.3 is 0 Å².